The maximum absolute atomic E-state index is 12.0. The summed E-state index contributed by atoms with van der Waals surface area (Å²) in [7, 11) is -2.89. The second-order valence-electron chi connectivity index (χ2n) is 5.23. The second-order valence-corrected chi connectivity index (χ2v) is 7.74. The molecule has 0 aliphatic carbocycles. The van der Waals surface area contributed by atoms with Crippen LogP contribution in [0.3, 0.4) is 0 Å². The lowest BCUT2D eigenvalue weighted by Gasteiger charge is -2.26. The van der Waals surface area contributed by atoms with Crippen molar-refractivity contribution >= 4 is 15.6 Å². The molecule has 2 unspecified atom stereocenters. The lowest BCUT2D eigenvalue weighted by Crippen LogP contribution is -2.36. The zero-order chi connectivity index (χ0) is 12.5. The van der Waals surface area contributed by atoms with Crippen LogP contribution in [0.5, 0.6) is 0 Å². The number of rotatable bonds is 5. The van der Waals surface area contributed by atoms with Gasteiger partial charge in [0.25, 0.3) is 0 Å². The molecule has 0 amide bonds. The summed E-state index contributed by atoms with van der Waals surface area (Å²) in [6.45, 7) is 3.63. The maximum Gasteiger partial charge on any atom is 0.156 e. The van der Waals surface area contributed by atoms with Crippen molar-refractivity contribution in [3.63, 3.8) is 0 Å². The number of carbonyl (C=O) groups excluding carboxylic acids is 1. The number of Topliss-reactive ketones (excluding diaryl/α,β-unsaturated/α-hetero) is 1. The second kappa shape index (κ2) is 4.92. The zero-order valence-corrected chi connectivity index (χ0v) is 10.9. The van der Waals surface area contributed by atoms with Crippen LogP contribution in [0.2, 0.25) is 0 Å². The van der Waals surface area contributed by atoms with E-state index in [-0.39, 0.29) is 22.2 Å². The van der Waals surface area contributed by atoms with Gasteiger partial charge in [-0.25, -0.2) is 8.42 Å². The Hall–Kier alpha value is -0.640. The maximum atomic E-state index is 12.0. The van der Waals surface area contributed by atoms with Crippen molar-refractivity contribution in [2.75, 3.05) is 0 Å². The first-order chi connectivity index (χ1) is 8.05. The molecule has 2 bridgehead atoms. The van der Waals surface area contributed by atoms with Crippen molar-refractivity contribution in [3.8, 4) is 0 Å². The van der Waals surface area contributed by atoms with Crippen LogP contribution in [-0.4, -0.2) is 24.7 Å². The quantitative estimate of drug-likeness (QED) is 0.560. The highest BCUT2D eigenvalue weighted by Gasteiger charge is 2.48. The Kier molecular flexibility index (Phi) is 3.71. The highest BCUT2D eigenvalue weighted by Crippen LogP contribution is 2.41. The van der Waals surface area contributed by atoms with Gasteiger partial charge in [-0.1, -0.05) is 6.08 Å². The number of allylic oxidation sites excluding steroid dienone is 1. The van der Waals surface area contributed by atoms with Gasteiger partial charge < -0.3 is 0 Å². The first kappa shape index (κ1) is 12.8. The highest BCUT2D eigenvalue weighted by atomic mass is 32.2. The van der Waals surface area contributed by atoms with E-state index >= 15 is 0 Å². The first-order valence-corrected chi connectivity index (χ1v) is 8.03. The van der Waals surface area contributed by atoms with E-state index in [1.54, 1.807) is 0 Å². The average Bonchev–Trinajstić information content (AvgIpc) is 2.50. The molecule has 2 rings (SSSR count). The van der Waals surface area contributed by atoms with Gasteiger partial charge in [0.2, 0.25) is 0 Å². The minimum absolute atomic E-state index is 0.000778. The summed E-state index contributed by atoms with van der Waals surface area (Å²) in [5, 5.41) is -0.454. The lowest BCUT2D eigenvalue weighted by molar-refractivity contribution is -0.123. The van der Waals surface area contributed by atoms with Gasteiger partial charge >= 0.3 is 0 Å². The van der Waals surface area contributed by atoms with Crippen molar-refractivity contribution in [2.24, 2.45) is 5.92 Å². The number of carbonyl (C=O) groups is 1. The predicted octanol–water partition coefficient (Wildman–Crippen LogP) is 2.27. The van der Waals surface area contributed by atoms with Crippen LogP contribution in [0, 0.1) is 5.92 Å². The third kappa shape index (κ3) is 2.46. The van der Waals surface area contributed by atoms with Crippen molar-refractivity contribution in [3.05, 3.63) is 12.7 Å². The Morgan fingerprint density at radius 3 is 2.35 bits per heavy atom. The van der Waals surface area contributed by atoms with E-state index in [2.05, 4.69) is 6.58 Å². The Bertz CT molecular complexity index is 390. The third-order valence-corrected chi connectivity index (χ3v) is 6.84. The summed E-state index contributed by atoms with van der Waals surface area (Å²) < 4.78 is 23.8. The Morgan fingerprint density at radius 2 is 1.82 bits per heavy atom. The molecule has 2 aliphatic heterocycles. The molecule has 4 heteroatoms. The molecule has 0 saturated carbocycles. The molecule has 2 fully saturated rings. The van der Waals surface area contributed by atoms with E-state index in [9.17, 15) is 13.2 Å². The average molecular weight is 256 g/mol. The number of hydrogen-bond acceptors (Lipinski definition) is 3. The van der Waals surface area contributed by atoms with Crippen molar-refractivity contribution in [1.82, 2.24) is 0 Å². The summed E-state index contributed by atoms with van der Waals surface area (Å²) in [4.78, 5) is 12.0. The molecule has 2 heterocycles. The molecule has 0 aromatic heterocycles. The topological polar surface area (TPSA) is 51.2 Å². The summed E-state index contributed by atoms with van der Waals surface area (Å²) in [5.74, 6) is 0.263. The van der Waals surface area contributed by atoms with Crippen LogP contribution in [0.4, 0.5) is 0 Å². The fourth-order valence-corrected chi connectivity index (χ4v) is 5.57. The van der Waals surface area contributed by atoms with Gasteiger partial charge in [0, 0.05) is 12.3 Å². The summed E-state index contributed by atoms with van der Waals surface area (Å²) >= 11 is 0. The van der Waals surface area contributed by atoms with Crippen molar-refractivity contribution < 1.29 is 13.2 Å². The summed E-state index contributed by atoms with van der Waals surface area (Å²) in [6.07, 6.45) is 6.80. The van der Waals surface area contributed by atoms with E-state index in [0.29, 0.717) is 19.3 Å². The van der Waals surface area contributed by atoms with Crippen LogP contribution in [0.1, 0.15) is 44.9 Å². The molecule has 2 atom stereocenters. The van der Waals surface area contributed by atoms with E-state index < -0.39 is 9.84 Å². The predicted molar refractivity (Wildman–Crippen MR) is 67.5 cm³/mol. The van der Waals surface area contributed by atoms with Gasteiger partial charge in [-0.3, -0.25) is 4.79 Å². The normalized spacial score (nSPS) is 34.5. The van der Waals surface area contributed by atoms with Crippen LogP contribution < -0.4 is 0 Å². The number of unbranched alkanes of at least 4 members (excludes halogenated alkanes) is 1. The third-order valence-electron chi connectivity index (χ3n) is 4.12. The molecule has 0 aromatic carbocycles. The zero-order valence-electron chi connectivity index (χ0n) is 10.1. The van der Waals surface area contributed by atoms with Crippen LogP contribution in [0.15, 0.2) is 12.7 Å². The Morgan fingerprint density at radius 1 is 1.24 bits per heavy atom. The van der Waals surface area contributed by atoms with E-state index in [1.165, 1.54) is 0 Å². The molecule has 0 spiro atoms. The molecule has 0 aromatic rings. The van der Waals surface area contributed by atoms with Gasteiger partial charge in [-0.05, 0) is 38.5 Å². The standard InChI is InChI=1S/C13H20O3S/c1-2-3-4-5-13(14)10-8-11-6-7-12(9-10)17(11,15)16/h2,10-12H,1,3-9H2. The minimum Gasteiger partial charge on any atom is -0.299 e. The number of hydrogen-bond donors (Lipinski definition) is 0. The summed E-state index contributed by atoms with van der Waals surface area (Å²) in [5.41, 5.74) is 0. The fraction of sp³-hybridized carbons (Fsp3) is 0.769. The molecular weight excluding hydrogens is 236 g/mol. The van der Waals surface area contributed by atoms with Gasteiger partial charge in [-0.15, -0.1) is 6.58 Å². The molecule has 3 nitrogen and oxygen atoms in total. The number of sulfone groups is 1. The van der Waals surface area contributed by atoms with Gasteiger partial charge in [0.15, 0.2) is 9.84 Å². The molecule has 96 valence electrons. The molecule has 17 heavy (non-hydrogen) atoms. The fourth-order valence-electron chi connectivity index (χ4n) is 3.09. The Labute approximate surface area is 103 Å². The molecule has 2 saturated heterocycles. The number of ketones is 1. The number of fused-ring (bicyclic) bond motifs is 2. The van der Waals surface area contributed by atoms with Gasteiger partial charge in [0.05, 0.1) is 10.5 Å². The van der Waals surface area contributed by atoms with Crippen LogP contribution in [-0.2, 0) is 14.6 Å². The smallest absolute Gasteiger partial charge is 0.156 e. The molecular formula is C13H20O3S. The van der Waals surface area contributed by atoms with Crippen LogP contribution >= 0.6 is 0 Å². The van der Waals surface area contributed by atoms with E-state index in [4.69, 9.17) is 0 Å². The first-order valence-electron chi connectivity index (χ1n) is 6.42. The lowest BCUT2D eigenvalue weighted by atomic mass is 9.92. The Balaban J connectivity index is 1.94. The summed E-state index contributed by atoms with van der Waals surface area (Å²) in [6, 6.07) is 0. The SMILES string of the molecule is C=CCCCC(=O)C1CC2CCC(C1)S2(=O)=O. The van der Waals surface area contributed by atoms with Gasteiger partial charge in [-0.2, -0.15) is 0 Å². The molecule has 0 N–H and O–H groups in total. The largest absolute Gasteiger partial charge is 0.299 e. The van der Waals surface area contributed by atoms with Crippen molar-refractivity contribution in [1.29, 1.82) is 0 Å². The minimum atomic E-state index is -2.89. The monoisotopic (exact) mass is 256 g/mol. The van der Waals surface area contributed by atoms with E-state index in [1.807, 2.05) is 6.08 Å². The highest BCUT2D eigenvalue weighted by molar-refractivity contribution is 7.93. The van der Waals surface area contributed by atoms with Gasteiger partial charge in [0.1, 0.15) is 5.78 Å². The molecule has 2 aliphatic rings. The van der Waals surface area contributed by atoms with Crippen LogP contribution in [0.25, 0.3) is 0 Å². The molecule has 0 radical (unpaired) electrons. The van der Waals surface area contributed by atoms with E-state index in [0.717, 1.165) is 25.7 Å². The van der Waals surface area contributed by atoms with Crippen molar-refractivity contribution in [2.45, 2.75) is 55.4 Å².